The van der Waals surface area contributed by atoms with Gasteiger partial charge in [0.25, 0.3) is 5.91 Å². The summed E-state index contributed by atoms with van der Waals surface area (Å²) in [5.41, 5.74) is 0.535. The Labute approximate surface area is 126 Å². The van der Waals surface area contributed by atoms with Crippen LogP contribution in [0.4, 0.5) is 0 Å². The third kappa shape index (κ3) is 5.85. The quantitative estimate of drug-likeness (QED) is 0.682. The van der Waals surface area contributed by atoms with E-state index < -0.39 is 6.10 Å². The Bertz CT molecular complexity index is 412. The molecule has 0 fully saturated rings. The molecular formula is C15H27N3O3. The summed E-state index contributed by atoms with van der Waals surface area (Å²) >= 11 is 0. The number of aliphatic hydroxyl groups excluding tert-OH is 2. The van der Waals surface area contributed by atoms with E-state index in [1.54, 1.807) is 6.20 Å². The van der Waals surface area contributed by atoms with Crippen molar-refractivity contribution in [3.8, 4) is 0 Å². The van der Waals surface area contributed by atoms with E-state index in [0.717, 1.165) is 38.8 Å². The second-order valence-electron chi connectivity index (χ2n) is 5.29. The van der Waals surface area contributed by atoms with Gasteiger partial charge in [0.05, 0.1) is 31.0 Å². The molecule has 1 amide bonds. The molecule has 1 aromatic heterocycles. The van der Waals surface area contributed by atoms with Gasteiger partial charge in [-0.1, -0.05) is 26.7 Å². The minimum Gasteiger partial charge on any atom is -0.394 e. The molecule has 6 nitrogen and oxygen atoms in total. The van der Waals surface area contributed by atoms with E-state index in [0.29, 0.717) is 5.56 Å². The Balaban J connectivity index is 2.68. The van der Waals surface area contributed by atoms with Crippen molar-refractivity contribution < 1.29 is 15.0 Å². The molecule has 0 spiro atoms. The molecule has 1 rings (SSSR count). The normalized spacial score (nSPS) is 12.4. The van der Waals surface area contributed by atoms with Crippen molar-refractivity contribution in [1.82, 2.24) is 14.7 Å². The summed E-state index contributed by atoms with van der Waals surface area (Å²) in [6, 6.07) is 0. The van der Waals surface area contributed by atoms with Crippen LogP contribution in [0.25, 0.3) is 0 Å². The molecule has 1 heterocycles. The van der Waals surface area contributed by atoms with E-state index in [1.807, 2.05) is 4.90 Å². The highest BCUT2D eigenvalue weighted by atomic mass is 16.3. The highest BCUT2D eigenvalue weighted by molar-refractivity contribution is 5.93. The zero-order valence-corrected chi connectivity index (χ0v) is 13.0. The van der Waals surface area contributed by atoms with Gasteiger partial charge in [0, 0.05) is 19.3 Å². The minimum absolute atomic E-state index is 0.0124. The summed E-state index contributed by atoms with van der Waals surface area (Å²) in [4.78, 5) is 14.4. The number of hydrogen-bond donors (Lipinski definition) is 2. The first-order valence-electron chi connectivity index (χ1n) is 7.73. The molecule has 0 saturated heterocycles. The number of nitrogens with zero attached hydrogens (tertiary/aromatic N) is 3. The van der Waals surface area contributed by atoms with Gasteiger partial charge in [-0.2, -0.15) is 5.10 Å². The van der Waals surface area contributed by atoms with Crippen molar-refractivity contribution in [2.45, 2.75) is 52.2 Å². The molecule has 1 atom stereocenters. The molecule has 0 radical (unpaired) electrons. The fraction of sp³-hybridized carbons (Fsp3) is 0.733. The van der Waals surface area contributed by atoms with Gasteiger partial charge < -0.3 is 15.1 Å². The highest BCUT2D eigenvalue weighted by Gasteiger charge is 2.17. The number of aromatic nitrogens is 2. The standard InChI is InChI=1S/C15H27N3O3/c1-3-5-7-17(8-6-4-2)15(21)13-9-16-18(10-13)11-14(20)12-19/h9-10,14,19-20H,3-8,11-12H2,1-2H3/t14-/m0/s1. The van der Waals surface area contributed by atoms with Gasteiger partial charge >= 0.3 is 0 Å². The maximum absolute atomic E-state index is 12.5. The summed E-state index contributed by atoms with van der Waals surface area (Å²) in [5, 5.41) is 22.3. The van der Waals surface area contributed by atoms with Crippen LogP contribution in [0.5, 0.6) is 0 Å². The molecule has 0 unspecified atom stereocenters. The first-order chi connectivity index (χ1) is 10.1. The van der Waals surface area contributed by atoms with Crippen molar-refractivity contribution in [3.63, 3.8) is 0 Å². The Hall–Kier alpha value is -1.40. The average molecular weight is 297 g/mol. The van der Waals surface area contributed by atoms with Crippen LogP contribution in [0.1, 0.15) is 49.9 Å². The lowest BCUT2D eigenvalue weighted by molar-refractivity contribution is 0.0745. The van der Waals surface area contributed by atoms with Gasteiger partial charge in [-0.3, -0.25) is 9.48 Å². The first-order valence-corrected chi connectivity index (χ1v) is 7.73. The summed E-state index contributed by atoms with van der Waals surface area (Å²) in [6.07, 6.45) is 6.39. The second-order valence-corrected chi connectivity index (χ2v) is 5.29. The van der Waals surface area contributed by atoms with E-state index in [2.05, 4.69) is 18.9 Å². The van der Waals surface area contributed by atoms with E-state index in [4.69, 9.17) is 5.11 Å². The lowest BCUT2D eigenvalue weighted by atomic mass is 10.2. The molecule has 1 aromatic rings. The average Bonchev–Trinajstić information content (AvgIpc) is 2.95. The molecule has 2 N–H and O–H groups in total. The summed E-state index contributed by atoms with van der Waals surface area (Å²) in [7, 11) is 0. The molecule has 0 bridgehead atoms. The van der Waals surface area contributed by atoms with Gasteiger partial charge in [0.15, 0.2) is 0 Å². The van der Waals surface area contributed by atoms with Crippen LogP contribution >= 0.6 is 0 Å². The molecule has 0 aliphatic rings. The summed E-state index contributed by atoms with van der Waals surface area (Å²) in [6.45, 7) is 5.61. The minimum atomic E-state index is -0.857. The van der Waals surface area contributed by atoms with E-state index in [1.165, 1.54) is 10.9 Å². The largest absolute Gasteiger partial charge is 0.394 e. The molecule has 0 aromatic carbocycles. The van der Waals surface area contributed by atoms with Gasteiger partial charge in [-0.05, 0) is 12.8 Å². The third-order valence-electron chi connectivity index (χ3n) is 3.34. The monoisotopic (exact) mass is 297 g/mol. The Morgan fingerprint density at radius 1 is 1.33 bits per heavy atom. The van der Waals surface area contributed by atoms with Crippen LogP contribution < -0.4 is 0 Å². The molecule has 0 saturated carbocycles. The molecule has 21 heavy (non-hydrogen) atoms. The molecule has 0 aliphatic heterocycles. The predicted molar refractivity (Wildman–Crippen MR) is 81.0 cm³/mol. The SMILES string of the molecule is CCCCN(CCCC)C(=O)c1cnn(C[C@H](O)CO)c1. The fourth-order valence-corrected chi connectivity index (χ4v) is 2.04. The number of aliphatic hydroxyl groups is 2. The summed E-state index contributed by atoms with van der Waals surface area (Å²) in [5.74, 6) is -0.0124. The van der Waals surface area contributed by atoms with Gasteiger partial charge in [0.1, 0.15) is 0 Å². The lowest BCUT2D eigenvalue weighted by Gasteiger charge is -2.21. The number of carbonyl (C=O) groups is 1. The topological polar surface area (TPSA) is 78.6 Å². The van der Waals surface area contributed by atoms with Gasteiger partial charge in [0.2, 0.25) is 0 Å². The van der Waals surface area contributed by atoms with E-state index in [9.17, 15) is 9.90 Å². The van der Waals surface area contributed by atoms with Crippen LogP contribution in [-0.4, -0.2) is 56.6 Å². The zero-order valence-electron chi connectivity index (χ0n) is 13.0. The molecule has 0 aliphatic carbocycles. The zero-order chi connectivity index (χ0) is 15.7. The second kappa shape index (κ2) is 9.52. The van der Waals surface area contributed by atoms with Crippen LogP contribution in [0.2, 0.25) is 0 Å². The van der Waals surface area contributed by atoms with E-state index in [-0.39, 0.29) is 19.1 Å². The summed E-state index contributed by atoms with van der Waals surface area (Å²) < 4.78 is 1.49. The van der Waals surface area contributed by atoms with Crippen molar-refractivity contribution >= 4 is 5.91 Å². The highest BCUT2D eigenvalue weighted by Crippen LogP contribution is 2.08. The number of rotatable bonds is 10. The van der Waals surface area contributed by atoms with Crippen LogP contribution in [0.3, 0.4) is 0 Å². The van der Waals surface area contributed by atoms with Crippen LogP contribution in [0, 0.1) is 0 Å². The smallest absolute Gasteiger partial charge is 0.257 e. The van der Waals surface area contributed by atoms with Crippen molar-refractivity contribution in [3.05, 3.63) is 18.0 Å². The van der Waals surface area contributed by atoms with Gasteiger partial charge in [-0.25, -0.2) is 0 Å². The molecular weight excluding hydrogens is 270 g/mol. The maximum atomic E-state index is 12.5. The Morgan fingerprint density at radius 2 is 1.95 bits per heavy atom. The van der Waals surface area contributed by atoms with Crippen molar-refractivity contribution in [2.75, 3.05) is 19.7 Å². The number of unbranched alkanes of at least 4 members (excludes halogenated alkanes) is 2. The number of amides is 1. The molecule has 6 heteroatoms. The number of hydrogen-bond acceptors (Lipinski definition) is 4. The van der Waals surface area contributed by atoms with E-state index >= 15 is 0 Å². The van der Waals surface area contributed by atoms with Crippen LogP contribution in [-0.2, 0) is 6.54 Å². The Morgan fingerprint density at radius 3 is 2.48 bits per heavy atom. The van der Waals surface area contributed by atoms with Gasteiger partial charge in [-0.15, -0.1) is 0 Å². The van der Waals surface area contributed by atoms with Crippen LogP contribution in [0.15, 0.2) is 12.4 Å². The fourth-order valence-electron chi connectivity index (χ4n) is 2.04. The first kappa shape index (κ1) is 17.7. The van der Waals surface area contributed by atoms with Crippen molar-refractivity contribution in [1.29, 1.82) is 0 Å². The third-order valence-corrected chi connectivity index (χ3v) is 3.34. The maximum Gasteiger partial charge on any atom is 0.257 e. The Kier molecular flexibility index (Phi) is 8.00. The molecule has 120 valence electrons. The predicted octanol–water partition coefficient (Wildman–Crippen LogP) is 1.28. The van der Waals surface area contributed by atoms with Crippen molar-refractivity contribution in [2.24, 2.45) is 0 Å². The number of carbonyl (C=O) groups excluding carboxylic acids is 1. The lowest BCUT2D eigenvalue weighted by Crippen LogP contribution is -2.32.